The highest BCUT2D eigenvalue weighted by molar-refractivity contribution is 9.10. The molecule has 0 amide bonds. The average molecular weight is 310 g/mol. The van der Waals surface area contributed by atoms with Gasteiger partial charge < -0.3 is 5.32 Å². The summed E-state index contributed by atoms with van der Waals surface area (Å²) in [6, 6.07) is 9.12. The molecule has 0 aromatic heterocycles. The molecular weight excluding hydrogens is 286 g/mol. The fourth-order valence-corrected chi connectivity index (χ4v) is 2.23. The second-order valence-electron chi connectivity index (χ2n) is 4.79. The van der Waals surface area contributed by atoms with Crippen LogP contribution in [0.4, 0.5) is 0 Å². The third-order valence-electron chi connectivity index (χ3n) is 3.11. The van der Waals surface area contributed by atoms with Crippen molar-refractivity contribution in [2.24, 2.45) is 0 Å². The van der Waals surface area contributed by atoms with E-state index in [9.17, 15) is 0 Å². The summed E-state index contributed by atoms with van der Waals surface area (Å²) in [7, 11) is 0. The molecule has 1 nitrogen and oxygen atoms in total. The average Bonchev–Trinajstić information content (AvgIpc) is 2.38. The predicted octanol–water partition coefficient (Wildman–Crippen LogP) is 4.72. The largest absolute Gasteiger partial charge is 0.313 e. The van der Waals surface area contributed by atoms with Crippen LogP contribution < -0.4 is 5.32 Å². The molecule has 0 aliphatic carbocycles. The molecule has 1 aromatic carbocycles. The summed E-state index contributed by atoms with van der Waals surface area (Å²) in [6.45, 7) is 9.60. The summed E-state index contributed by atoms with van der Waals surface area (Å²) in [5.41, 5.74) is 2.72. The molecule has 1 rings (SSSR count). The number of hydrogen-bond acceptors (Lipinski definition) is 1. The lowest BCUT2D eigenvalue weighted by Gasteiger charge is -2.19. The maximum atomic E-state index is 4.13. The Hall–Kier alpha value is -0.600. The van der Waals surface area contributed by atoms with Crippen LogP contribution in [0.25, 0.3) is 0 Å². The number of hydrogen-bond donors (Lipinski definition) is 1. The second kappa shape index (κ2) is 8.49. The third kappa shape index (κ3) is 5.83. The summed E-state index contributed by atoms with van der Waals surface area (Å²) >= 11 is 3.48. The van der Waals surface area contributed by atoms with E-state index in [-0.39, 0.29) is 0 Å². The van der Waals surface area contributed by atoms with E-state index >= 15 is 0 Å². The van der Waals surface area contributed by atoms with Crippen molar-refractivity contribution < 1.29 is 0 Å². The molecule has 0 aliphatic rings. The van der Waals surface area contributed by atoms with Gasteiger partial charge in [-0.3, -0.25) is 0 Å². The highest BCUT2D eigenvalue weighted by Gasteiger charge is 2.09. The SMILES string of the molecule is C=C(CC)CC(Cc1ccc(Br)cc1)NCCC. The van der Waals surface area contributed by atoms with Gasteiger partial charge in [0.2, 0.25) is 0 Å². The predicted molar refractivity (Wildman–Crippen MR) is 84.0 cm³/mol. The topological polar surface area (TPSA) is 12.0 Å². The molecule has 0 spiro atoms. The lowest BCUT2D eigenvalue weighted by Crippen LogP contribution is -2.32. The molecule has 0 saturated heterocycles. The second-order valence-corrected chi connectivity index (χ2v) is 5.70. The fourth-order valence-electron chi connectivity index (χ4n) is 1.96. The molecular formula is C16H24BrN. The minimum absolute atomic E-state index is 0.513. The van der Waals surface area contributed by atoms with Gasteiger partial charge in [0.1, 0.15) is 0 Å². The lowest BCUT2D eigenvalue weighted by atomic mass is 9.98. The minimum Gasteiger partial charge on any atom is -0.313 e. The van der Waals surface area contributed by atoms with E-state index in [0.29, 0.717) is 6.04 Å². The number of halogens is 1. The van der Waals surface area contributed by atoms with Gasteiger partial charge in [-0.1, -0.05) is 54.1 Å². The lowest BCUT2D eigenvalue weighted by molar-refractivity contribution is 0.500. The molecule has 0 fully saturated rings. The van der Waals surface area contributed by atoms with Crippen LogP contribution in [0.15, 0.2) is 40.9 Å². The van der Waals surface area contributed by atoms with Crippen LogP contribution in [0.5, 0.6) is 0 Å². The maximum absolute atomic E-state index is 4.13. The van der Waals surface area contributed by atoms with E-state index in [1.165, 1.54) is 17.6 Å². The Morgan fingerprint density at radius 1 is 1.28 bits per heavy atom. The van der Waals surface area contributed by atoms with Gasteiger partial charge in [-0.05, 0) is 49.9 Å². The molecule has 0 radical (unpaired) electrons. The zero-order valence-corrected chi connectivity index (χ0v) is 13.1. The molecule has 1 N–H and O–H groups in total. The molecule has 100 valence electrons. The van der Waals surface area contributed by atoms with Gasteiger partial charge in [0, 0.05) is 10.5 Å². The van der Waals surface area contributed by atoms with Crippen LogP contribution in [0, 0.1) is 0 Å². The molecule has 0 saturated carbocycles. The van der Waals surface area contributed by atoms with E-state index in [4.69, 9.17) is 0 Å². The first kappa shape index (κ1) is 15.5. The van der Waals surface area contributed by atoms with E-state index in [0.717, 1.165) is 30.3 Å². The number of nitrogens with one attached hydrogen (secondary N) is 1. The van der Waals surface area contributed by atoms with Crippen LogP contribution >= 0.6 is 15.9 Å². The summed E-state index contributed by atoms with van der Waals surface area (Å²) in [4.78, 5) is 0. The van der Waals surface area contributed by atoms with E-state index < -0.39 is 0 Å². The standard InChI is InChI=1S/C16H24BrN/c1-4-10-18-16(11-13(3)5-2)12-14-6-8-15(17)9-7-14/h6-9,16,18H,3-5,10-12H2,1-2H3. The maximum Gasteiger partial charge on any atom is 0.0175 e. The van der Waals surface area contributed by atoms with Gasteiger partial charge in [-0.15, -0.1) is 0 Å². The fraction of sp³-hybridized carbons (Fsp3) is 0.500. The van der Waals surface area contributed by atoms with Crippen LogP contribution in [0.1, 0.15) is 38.7 Å². The first-order valence-corrected chi connectivity index (χ1v) is 7.59. The Labute approximate surface area is 120 Å². The smallest absolute Gasteiger partial charge is 0.0175 e. The van der Waals surface area contributed by atoms with Crippen molar-refractivity contribution in [3.8, 4) is 0 Å². The van der Waals surface area contributed by atoms with Crippen molar-refractivity contribution in [2.45, 2.75) is 45.6 Å². The molecule has 0 heterocycles. The van der Waals surface area contributed by atoms with Crippen molar-refractivity contribution in [1.82, 2.24) is 5.32 Å². The van der Waals surface area contributed by atoms with Crippen molar-refractivity contribution >= 4 is 15.9 Å². The molecule has 18 heavy (non-hydrogen) atoms. The van der Waals surface area contributed by atoms with Gasteiger partial charge in [0.05, 0.1) is 0 Å². The summed E-state index contributed by atoms with van der Waals surface area (Å²) in [5.74, 6) is 0. The highest BCUT2D eigenvalue weighted by Crippen LogP contribution is 2.15. The molecule has 1 aromatic rings. The molecule has 0 aliphatic heterocycles. The van der Waals surface area contributed by atoms with Crippen LogP contribution in [0.2, 0.25) is 0 Å². The van der Waals surface area contributed by atoms with E-state index in [2.05, 4.69) is 65.9 Å². The van der Waals surface area contributed by atoms with Gasteiger partial charge in [0.15, 0.2) is 0 Å². The van der Waals surface area contributed by atoms with Crippen molar-refractivity contribution in [3.05, 3.63) is 46.5 Å². The van der Waals surface area contributed by atoms with E-state index in [1.807, 2.05) is 0 Å². The Bertz CT molecular complexity index is 356. The Kier molecular flexibility index (Phi) is 7.29. The van der Waals surface area contributed by atoms with E-state index in [1.54, 1.807) is 0 Å². The Balaban J connectivity index is 2.59. The minimum atomic E-state index is 0.513. The van der Waals surface area contributed by atoms with Crippen molar-refractivity contribution in [2.75, 3.05) is 6.54 Å². The number of rotatable bonds is 8. The normalized spacial score (nSPS) is 12.4. The molecule has 0 bridgehead atoms. The molecule has 2 heteroatoms. The number of benzene rings is 1. The molecule has 1 atom stereocenters. The quantitative estimate of drug-likeness (QED) is 0.685. The summed E-state index contributed by atoms with van der Waals surface area (Å²) < 4.78 is 1.14. The Morgan fingerprint density at radius 2 is 1.94 bits per heavy atom. The monoisotopic (exact) mass is 309 g/mol. The van der Waals surface area contributed by atoms with Crippen molar-refractivity contribution in [3.63, 3.8) is 0 Å². The Morgan fingerprint density at radius 3 is 2.50 bits per heavy atom. The van der Waals surface area contributed by atoms with Gasteiger partial charge in [-0.25, -0.2) is 0 Å². The molecule has 1 unspecified atom stereocenters. The first-order valence-electron chi connectivity index (χ1n) is 6.80. The van der Waals surface area contributed by atoms with Gasteiger partial charge in [-0.2, -0.15) is 0 Å². The zero-order chi connectivity index (χ0) is 13.4. The summed E-state index contributed by atoms with van der Waals surface area (Å²) in [5, 5.41) is 3.63. The first-order chi connectivity index (χ1) is 8.65. The van der Waals surface area contributed by atoms with Crippen molar-refractivity contribution in [1.29, 1.82) is 0 Å². The zero-order valence-electron chi connectivity index (χ0n) is 11.5. The summed E-state index contributed by atoms with van der Waals surface area (Å²) in [6.07, 6.45) is 4.40. The van der Waals surface area contributed by atoms with Crippen LogP contribution in [-0.4, -0.2) is 12.6 Å². The van der Waals surface area contributed by atoms with Gasteiger partial charge in [0.25, 0.3) is 0 Å². The van der Waals surface area contributed by atoms with Crippen LogP contribution in [0.3, 0.4) is 0 Å². The third-order valence-corrected chi connectivity index (χ3v) is 3.64. The van der Waals surface area contributed by atoms with Gasteiger partial charge >= 0.3 is 0 Å². The van der Waals surface area contributed by atoms with Crippen LogP contribution in [-0.2, 0) is 6.42 Å². The highest BCUT2D eigenvalue weighted by atomic mass is 79.9.